The molecule has 1 aliphatic rings. The lowest BCUT2D eigenvalue weighted by atomic mass is 10.1. The van der Waals surface area contributed by atoms with Gasteiger partial charge in [0.25, 0.3) is 5.91 Å². The maximum Gasteiger partial charge on any atom is 0.336 e. The number of benzene rings is 1. The van der Waals surface area contributed by atoms with Crippen molar-refractivity contribution in [2.24, 2.45) is 5.92 Å². The first-order valence-corrected chi connectivity index (χ1v) is 11.3. The third-order valence-corrected chi connectivity index (χ3v) is 6.20. The Morgan fingerprint density at radius 3 is 2.91 bits per heavy atom. The van der Waals surface area contributed by atoms with Gasteiger partial charge >= 0.3 is 5.63 Å². The summed E-state index contributed by atoms with van der Waals surface area (Å²) in [4.78, 5) is 43.6. The molecule has 0 aliphatic carbocycles. The van der Waals surface area contributed by atoms with E-state index >= 15 is 0 Å². The van der Waals surface area contributed by atoms with Crippen molar-refractivity contribution in [2.75, 3.05) is 18.5 Å². The van der Waals surface area contributed by atoms with Crippen molar-refractivity contribution in [3.05, 3.63) is 50.8 Å². The summed E-state index contributed by atoms with van der Waals surface area (Å²) >= 11 is 1.39. The highest BCUT2D eigenvalue weighted by Gasteiger charge is 2.24. The SMILES string of the molecule is Cc1cc(=O)oc2cc(OCC(=O)Nc3nc4c(s3)CN(C(=O)CC(C)C)CC4)ccc12. The number of hydrogen-bond donors (Lipinski definition) is 1. The average Bonchev–Trinajstić information content (AvgIpc) is 3.12. The van der Waals surface area contributed by atoms with E-state index < -0.39 is 5.63 Å². The van der Waals surface area contributed by atoms with Gasteiger partial charge in [-0.3, -0.25) is 14.9 Å². The van der Waals surface area contributed by atoms with Crippen LogP contribution in [0.1, 0.15) is 36.4 Å². The summed E-state index contributed by atoms with van der Waals surface area (Å²) in [6, 6.07) is 6.56. The molecule has 0 radical (unpaired) electrons. The maximum atomic E-state index is 12.4. The molecular formula is C23H25N3O5S. The number of aromatic nitrogens is 1. The summed E-state index contributed by atoms with van der Waals surface area (Å²) in [7, 11) is 0. The third-order valence-electron chi connectivity index (χ3n) is 5.21. The maximum absolute atomic E-state index is 12.4. The van der Waals surface area contributed by atoms with Crippen LogP contribution in [-0.4, -0.2) is 34.8 Å². The molecule has 3 heterocycles. The molecule has 0 saturated heterocycles. The van der Waals surface area contributed by atoms with Crippen molar-refractivity contribution >= 4 is 39.3 Å². The lowest BCUT2D eigenvalue weighted by Crippen LogP contribution is -2.36. The first-order valence-electron chi connectivity index (χ1n) is 10.5. The van der Waals surface area contributed by atoms with Gasteiger partial charge in [0.15, 0.2) is 11.7 Å². The minimum absolute atomic E-state index is 0.152. The molecule has 9 heteroatoms. The number of hydrogen-bond acceptors (Lipinski definition) is 7. The van der Waals surface area contributed by atoms with E-state index in [1.807, 2.05) is 25.7 Å². The Morgan fingerprint density at radius 2 is 2.12 bits per heavy atom. The van der Waals surface area contributed by atoms with Crippen molar-refractivity contribution in [1.82, 2.24) is 9.88 Å². The first kappa shape index (κ1) is 22.0. The van der Waals surface area contributed by atoms with E-state index in [4.69, 9.17) is 9.15 Å². The topological polar surface area (TPSA) is 102 Å². The molecule has 168 valence electrons. The van der Waals surface area contributed by atoms with E-state index in [9.17, 15) is 14.4 Å². The Bertz CT molecular complexity index is 1230. The van der Waals surface area contributed by atoms with Gasteiger partial charge in [0.05, 0.1) is 12.2 Å². The van der Waals surface area contributed by atoms with Gasteiger partial charge in [0.1, 0.15) is 11.3 Å². The number of anilines is 1. The molecular weight excluding hydrogens is 430 g/mol. The number of carbonyl (C=O) groups excluding carboxylic acids is 2. The Balaban J connectivity index is 1.35. The van der Waals surface area contributed by atoms with Crippen LogP contribution in [0.4, 0.5) is 5.13 Å². The normalized spacial score (nSPS) is 13.3. The molecule has 2 amide bonds. The Kier molecular flexibility index (Phi) is 6.27. The molecule has 0 spiro atoms. The van der Waals surface area contributed by atoms with E-state index in [1.165, 1.54) is 17.4 Å². The van der Waals surface area contributed by atoms with E-state index in [0.717, 1.165) is 21.5 Å². The molecule has 0 saturated carbocycles. The largest absolute Gasteiger partial charge is 0.484 e. The van der Waals surface area contributed by atoms with Gasteiger partial charge in [-0.05, 0) is 30.5 Å². The van der Waals surface area contributed by atoms with Crippen molar-refractivity contribution < 1.29 is 18.7 Å². The number of thiazole rings is 1. The van der Waals surface area contributed by atoms with Crippen LogP contribution in [0.5, 0.6) is 5.75 Å². The van der Waals surface area contributed by atoms with Crippen LogP contribution < -0.4 is 15.7 Å². The minimum atomic E-state index is -0.429. The fourth-order valence-corrected chi connectivity index (χ4v) is 4.68. The van der Waals surface area contributed by atoms with Gasteiger partial charge in [0, 0.05) is 41.8 Å². The van der Waals surface area contributed by atoms with Crippen LogP contribution in [0.25, 0.3) is 11.0 Å². The number of nitrogens with zero attached hydrogens (tertiary/aromatic N) is 2. The molecule has 0 atom stereocenters. The molecule has 0 fully saturated rings. The summed E-state index contributed by atoms with van der Waals surface area (Å²) in [6.45, 7) is 6.88. The molecule has 4 rings (SSSR count). The fourth-order valence-electron chi connectivity index (χ4n) is 3.64. The standard InChI is InChI=1S/C23H25N3O5S/c1-13(2)8-21(28)26-7-6-17-19(11-26)32-23(24-17)25-20(27)12-30-15-4-5-16-14(3)9-22(29)31-18(16)10-15/h4-5,9-10,13H,6-8,11-12H2,1-3H3,(H,24,25,27). The molecule has 0 bridgehead atoms. The quantitative estimate of drug-likeness (QED) is 0.571. The molecule has 1 aliphatic heterocycles. The van der Waals surface area contributed by atoms with Crippen molar-refractivity contribution in [3.8, 4) is 5.75 Å². The summed E-state index contributed by atoms with van der Waals surface area (Å²) in [5.74, 6) is 0.566. The second-order valence-corrected chi connectivity index (χ2v) is 9.38. The smallest absolute Gasteiger partial charge is 0.336 e. The van der Waals surface area contributed by atoms with Crippen LogP contribution in [0.15, 0.2) is 33.5 Å². The van der Waals surface area contributed by atoms with E-state index in [0.29, 0.717) is 48.3 Å². The summed E-state index contributed by atoms with van der Waals surface area (Å²) in [5, 5.41) is 4.08. The van der Waals surface area contributed by atoms with Crippen molar-refractivity contribution in [3.63, 3.8) is 0 Å². The predicted octanol–water partition coefficient (Wildman–Crippen LogP) is 3.51. The number of fused-ring (bicyclic) bond motifs is 2. The lowest BCUT2D eigenvalue weighted by Gasteiger charge is -2.26. The van der Waals surface area contributed by atoms with Crippen LogP contribution in [-0.2, 0) is 22.6 Å². The third kappa shape index (κ3) is 4.99. The number of nitrogens with one attached hydrogen (secondary N) is 1. The number of carbonyl (C=O) groups is 2. The monoisotopic (exact) mass is 455 g/mol. The van der Waals surface area contributed by atoms with Crippen LogP contribution in [0.2, 0.25) is 0 Å². The molecule has 32 heavy (non-hydrogen) atoms. The number of aryl methyl sites for hydroxylation is 1. The highest BCUT2D eigenvalue weighted by Crippen LogP contribution is 2.29. The van der Waals surface area contributed by atoms with Crippen LogP contribution in [0.3, 0.4) is 0 Å². The molecule has 3 aromatic rings. The molecule has 8 nitrogen and oxygen atoms in total. The highest BCUT2D eigenvalue weighted by atomic mass is 32.1. The second-order valence-electron chi connectivity index (χ2n) is 8.30. The molecule has 1 N–H and O–H groups in total. The Labute approximate surface area is 189 Å². The van der Waals surface area contributed by atoms with Crippen molar-refractivity contribution in [1.29, 1.82) is 0 Å². The predicted molar refractivity (Wildman–Crippen MR) is 122 cm³/mol. The van der Waals surface area contributed by atoms with Gasteiger partial charge < -0.3 is 14.1 Å². The fraction of sp³-hybridized carbons (Fsp3) is 0.391. The zero-order chi connectivity index (χ0) is 22.8. The van der Waals surface area contributed by atoms with Gasteiger partial charge in [0.2, 0.25) is 5.91 Å². The Morgan fingerprint density at radius 1 is 1.31 bits per heavy atom. The molecule has 0 unspecified atom stereocenters. The summed E-state index contributed by atoms with van der Waals surface area (Å²) < 4.78 is 10.8. The van der Waals surface area contributed by atoms with Gasteiger partial charge in [-0.2, -0.15) is 0 Å². The van der Waals surface area contributed by atoms with E-state index in [1.54, 1.807) is 18.2 Å². The van der Waals surface area contributed by atoms with Crippen LogP contribution in [0, 0.1) is 12.8 Å². The van der Waals surface area contributed by atoms with E-state index in [-0.39, 0.29) is 18.4 Å². The number of rotatable bonds is 6. The van der Waals surface area contributed by atoms with Crippen LogP contribution >= 0.6 is 11.3 Å². The first-order chi connectivity index (χ1) is 15.3. The minimum Gasteiger partial charge on any atom is -0.484 e. The van der Waals surface area contributed by atoms with Gasteiger partial charge in [-0.15, -0.1) is 0 Å². The van der Waals surface area contributed by atoms with Crippen molar-refractivity contribution in [2.45, 2.75) is 40.2 Å². The number of ether oxygens (including phenoxy) is 1. The average molecular weight is 456 g/mol. The zero-order valence-electron chi connectivity index (χ0n) is 18.3. The second kappa shape index (κ2) is 9.12. The Hall–Kier alpha value is -3.20. The summed E-state index contributed by atoms with van der Waals surface area (Å²) in [6.07, 6.45) is 1.22. The highest BCUT2D eigenvalue weighted by molar-refractivity contribution is 7.15. The molecule has 2 aromatic heterocycles. The van der Waals surface area contributed by atoms with E-state index in [2.05, 4.69) is 10.3 Å². The lowest BCUT2D eigenvalue weighted by molar-refractivity contribution is -0.132. The van der Waals surface area contributed by atoms with Gasteiger partial charge in [-0.1, -0.05) is 25.2 Å². The summed E-state index contributed by atoms with van der Waals surface area (Å²) in [5.41, 5.74) is 1.73. The molecule has 1 aromatic carbocycles. The number of amides is 2. The zero-order valence-corrected chi connectivity index (χ0v) is 19.1. The van der Waals surface area contributed by atoms with Gasteiger partial charge in [-0.25, -0.2) is 9.78 Å².